The molecule has 0 amide bonds. The Balaban J connectivity index is 2.56. The van der Waals surface area contributed by atoms with Crippen LogP contribution in [-0.2, 0) is 9.53 Å². The number of esters is 1. The maximum Gasteiger partial charge on any atom is 0.311 e. The van der Waals surface area contributed by atoms with Gasteiger partial charge in [-0.05, 0) is 26.7 Å². The SMILES string of the molecule is COC(=O)C1(C)CC(C)(O)C1. The van der Waals surface area contributed by atoms with E-state index in [9.17, 15) is 9.90 Å². The molecule has 1 aliphatic rings. The van der Waals surface area contributed by atoms with Crippen LogP contribution >= 0.6 is 0 Å². The molecule has 0 aromatic rings. The Labute approximate surface area is 66.4 Å². The quantitative estimate of drug-likeness (QED) is 0.572. The Hall–Kier alpha value is -0.570. The van der Waals surface area contributed by atoms with Gasteiger partial charge < -0.3 is 9.84 Å². The van der Waals surface area contributed by atoms with Gasteiger partial charge in [0.15, 0.2) is 0 Å². The topological polar surface area (TPSA) is 46.5 Å². The first kappa shape index (κ1) is 8.53. The number of rotatable bonds is 1. The van der Waals surface area contributed by atoms with Gasteiger partial charge in [-0.3, -0.25) is 4.79 Å². The second-order valence-electron chi connectivity index (χ2n) is 3.90. The zero-order valence-electron chi connectivity index (χ0n) is 7.18. The number of hydrogen-bond acceptors (Lipinski definition) is 3. The molecule has 0 bridgehead atoms. The fourth-order valence-electron chi connectivity index (χ4n) is 2.02. The number of methoxy groups -OCH3 is 1. The predicted octanol–water partition coefficient (Wildman–Crippen LogP) is 0.710. The van der Waals surface area contributed by atoms with Crippen molar-refractivity contribution >= 4 is 5.97 Å². The largest absolute Gasteiger partial charge is 0.469 e. The van der Waals surface area contributed by atoms with E-state index in [1.165, 1.54) is 7.11 Å². The first-order chi connectivity index (χ1) is 4.90. The van der Waals surface area contributed by atoms with Crippen molar-refractivity contribution < 1.29 is 14.6 Å². The summed E-state index contributed by atoms with van der Waals surface area (Å²) in [5.74, 6) is -0.218. The smallest absolute Gasteiger partial charge is 0.311 e. The number of carbonyl (C=O) groups excluding carboxylic acids is 1. The van der Waals surface area contributed by atoms with Crippen LogP contribution in [0.25, 0.3) is 0 Å². The normalized spacial score (nSPS) is 42.9. The van der Waals surface area contributed by atoms with E-state index in [1.54, 1.807) is 6.92 Å². The molecule has 1 N–H and O–H groups in total. The van der Waals surface area contributed by atoms with Crippen LogP contribution in [0.3, 0.4) is 0 Å². The molecular formula is C8H14O3. The lowest BCUT2D eigenvalue weighted by molar-refractivity contribution is -0.177. The van der Waals surface area contributed by atoms with Gasteiger partial charge in [0.25, 0.3) is 0 Å². The number of carbonyl (C=O) groups is 1. The predicted molar refractivity (Wildman–Crippen MR) is 40.0 cm³/mol. The number of ether oxygens (including phenoxy) is 1. The van der Waals surface area contributed by atoms with Gasteiger partial charge in [-0.25, -0.2) is 0 Å². The minimum Gasteiger partial charge on any atom is -0.469 e. The van der Waals surface area contributed by atoms with E-state index in [-0.39, 0.29) is 5.97 Å². The summed E-state index contributed by atoms with van der Waals surface area (Å²) >= 11 is 0. The summed E-state index contributed by atoms with van der Waals surface area (Å²) in [4.78, 5) is 11.1. The molecule has 0 aromatic heterocycles. The highest BCUT2D eigenvalue weighted by atomic mass is 16.5. The summed E-state index contributed by atoms with van der Waals surface area (Å²) < 4.78 is 4.60. The summed E-state index contributed by atoms with van der Waals surface area (Å²) in [6.07, 6.45) is 1.01. The highest BCUT2D eigenvalue weighted by Gasteiger charge is 2.53. The molecule has 3 heteroatoms. The van der Waals surface area contributed by atoms with Gasteiger partial charge in [-0.1, -0.05) is 0 Å². The number of aliphatic hydroxyl groups is 1. The monoisotopic (exact) mass is 158 g/mol. The molecule has 1 aliphatic carbocycles. The van der Waals surface area contributed by atoms with Crippen molar-refractivity contribution in [3.05, 3.63) is 0 Å². The van der Waals surface area contributed by atoms with E-state index in [0.29, 0.717) is 12.8 Å². The maximum atomic E-state index is 11.1. The average molecular weight is 158 g/mol. The molecular weight excluding hydrogens is 144 g/mol. The van der Waals surface area contributed by atoms with Crippen molar-refractivity contribution in [3.8, 4) is 0 Å². The Morgan fingerprint density at radius 2 is 1.91 bits per heavy atom. The van der Waals surface area contributed by atoms with Crippen molar-refractivity contribution in [2.24, 2.45) is 5.41 Å². The van der Waals surface area contributed by atoms with Gasteiger partial charge in [-0.15, -0.1) is 0 Å². The number of hydrogen-bond donors (Lipinski definition) is 1. The molecule has 1 fully saturated rings. The van der Waals surface area contributed by atoms with E-state index in [1.807, 2.05) is 6.92 Å². The van der Waals surface area contributed by atoms with Gasteiger partial charge in [0.1, 0.15) is 0 Å². The average Bonchev–Trinajstić information content (AvgIpc) is 1.81. The van der Waals surface area contributed by atoms with E-state index < -0.39 is 11.0 Å². The van der Waals surface area contributed by atoms with E-state index in [4.69, 9.17) is 0 Å². The van der Waals surface area contributed by atoms with Crippen LogP contribution in [-0.4, -0.2) is 23.8 Å². The molecule has 0 radical (unpaired) electrons. The fourth-order valence-corrected chi connectivity index (χ4v) is 2.02. The lowest BCUT2D eigenvalue weighted by atomic mass is 9.61. The summed E-state index contributed by atoms with van der Waals surface area (Å²) in [5, 5.41) is 9.39. The maximum absolute atomic E-state index is 11.1. The van der Waals surface area contributed by atoms with E-state index in [0.717, 1.165) is 0 Å². The Bertz CT molecular complexity index is 176. The Morgan fingerprint density at radius 1 is 1.45 bits per heavy atom. The summed E-state index contributed by atoms with van der Waals surface area (Å²) in [7, 11) is 1.38. The second-order valence-corrected chi connectivity index (χ2v) is 3.90. The lowest BCUT2D eigenvalue weighted by Gasteiger charge is -2.47. The lowest BCUT2D eigenvalue weighted by Crippen LogP contribution is -2.52. The third-order valence-electron chi connectivity index (χ3n) is 2.22. The molecule has 0 unspecified atom stereocenters. The van der Waals surface area contributed by atoms with Crippen molar-refractivity contribution in [1.82, 2.24) is 0 Å². The van der Waals surface area contributed by atoms with Crippen LogP contribution in [0, 0.1) is 5.41 Å². The molecule has 0 atom stereocenters. The summed E-state index contributed by atoms with van der Waals surface area (Å²) in [5.41, 5.74) is -1.11. The fraction of sp³-hybridized carbons (Fsp3) is 0.875. The standard InChI is InChI=1S/C8H14O3/c1-7(6(9)11-3)4-8(2,10)5-7/h10H,4-5H2,1-3H3. The minimum atomic E-state index is -0.664. The zero-order valence-corrected chi connectivity index (χ0v) is 7.18. The van der Waals surface area contributed by atoms with Crippen LogP contribution in [0.5, 0.6) is 0 Å². The second kappa shape index (κ2) is 2.21. The molecule has 0 heterocycles. The first-order valence-electron chi connectivity index (χ1n) is 3.70. The zero-order chi connectivity index (χ0) is 8.70. The van der Waals surface area contributed by atoms with Gasteiger partial charge in [0.05, 0.1) is 18.1 Å². The van der Waals surface area contributed by atoms with Gasteiger partial charge in [-0.2, -0.15) is 0 Å². The van der Waals surface area contributed by atoms with Gasteiger partial charge in [0, 0.05) is 0 Å². The highest BCUT2D eigenvalue weighted by Crippen LogP contribution is 2.48. The third kappa shape index (κ3) is 1.38. The Morgan fingerprint density at radius 3 is 2.18 bits per heavy atom. The first-order valence-corrected chi connectivity index (χ1v) is 3.70. The van der Waals surface area contributed by atoms with Crippen LogP contribution in [0.2, 0.25) is 0 Å². The van der Waals surface area contributed by atoms with E-state index >= 15 is 0 Å². The summed E-state index contributed by atoms with van der Waals surface area (Å²) in [6, 6.07) is 0. The molecule has 3 nitrogen and oxygen atoms in total. The molecule has 11 heavy (non-hydrogen) atoms. The molecule has 0 aliphatic heterocycles. The van der Waals surface area contributed by atoms with Crippen molar-refractivity contribution in [2.75, 3.05) is 7.11 Å². The molecule has 1 saturated carbocycles. The Kier molecular flexibility index (Phi) is 1.71. The van der Waals surface area contributed by atoms with Crippen molar-refractivity contribution in [2.45, 2.75) is 32.3 Å². The third-order valence-corrected chi connectivity index (χ3v) is 2.22. The van der Waals surface area contributed by atoms with Crippen LogP contribution in [0.1, 0.15) is 26.7 Å². The van der Waals surface area contributed by atoms with Crippen LogP contribution < -0.4 is 0 Å². The highest BCUT2D eigenvalue weighted by molar-refractivity contribution is 5.77. The van der Waals surface area contributed by atoms with Crippen molar-refractivity contribution in [1.29, 1.82) is 0 Å². The molecule has 64 valence electrons. The van der Waals surface area contributed by atoms with Gasteiger partial charge >= 0.3 is 5.97 Å². The molecule has 0 spiro atoms. The van der Waals surface area contributed by atoms with Crippen LogP contribution in [0.15, 0.2) is 0 Å². The minimum absolute atomic E-state index is 0.218. The van der Waals surface area contributed by atoms with Crippen LogP contribution in [0.4, 0.5) is 0 Å². The molecule has 1 rings (SSSR count). The summed E-state index contributed by atoms with van der Waals surface area (Å²) in [6.45, 7) is 3.55. The molecule has 0 aromatic carbocycles. The van der Waals surface area contributed by atoms with E-state index in [2.05, 4.69) is 4.74 Å². The van der Waals surface area contributed by atoms with Gasteiger partial charge in [0.2, 0.25) is 0 Å². The molecule has 0 saturated heterocycles. The van der Waals surface area contributed by atoms with Crippen molar-refractivity contribution in [3.63, 3.8) is 0 Å².